The van der Waals surface area contributed by atoms with Crippen molar-refractivity contribution < 1.29 is 9.84 Å². The van der Waals surface area contributed by atoms with Crippen molar-refractivity contribution in [1.29, 1.82) is 0 Å². The molecule has 0 bridgehead atoms. The summed E-state index contributed by atoms with van der Waals surface area (Å²) >= 11 is 0. The Labute approximate surface area is 126 Å². The smallest absolute Gasteiger partial charge is 0.176 e. The van der Waals surface area contributed by atoms with Gasteiger partial charge in [-0.1, -0.05) is 42.3 Å². The molecule has 0 radical (unpaired) electrons. The van der Waals surface area contributed by atoms with Gasteiger partial charge in [-0.2, -0.15) is 0 Å². The first-order valence-electron chi connectivity index (χ1n) is 7.00. The third-order valence-electron chi connectivity index (χ3n) is 3.24. The molecule has 0 aliphatic carbocycles. The first kappa shape index (κ1) is 15.2. The molecule has 0 saturated carbocycles. The predicted molar refractivity (Wildman–Crippen MR) is 85.2 cm³/mol. The SMILES string of the molecule is C#CC(O)(c1ccccc1)c1cc(C)cc(OC(C)C)c1. The molecular formula is C19H20O2. The van der Waals surface area contributed by atoms with Crippen LogP contribution < -0.4 is 4.74 Å². The van der Waals surface area contributed by atoms with Crippen LogP contribution in [0.1, 0.15) is 30.5 Å². The minimum atomic E-state index is -1.46. The highest BCUT2D eigenvalue weighted by atomic mass is 16.5. The summed E-state index contributed by atoms with van der Waals surface area (Å²) in [5.41, 5.74) is 0.857. The predicted octanol–water partition coefficient (Wildman–Crippen LogP) is 3.65. The van der Waals surface area contributed by atoms with Crippen LogP contribution in [0.25, 0.3) is 0 Å². The van der Waals surface area contributed by atoms with Crippen molar-refractivity contribution in [2.45, 2.75) is 32.5 Å². The number of benzene rings is 2. The Balaban J connectivity index is 2.53. The Morgan fingerprint density at radius 1 is 1.10 bits per heavy atom. The van der Waals surface area contributed by atoms with Crippen LogP contribution in [0.3, 0.4) is 0 Å². The van der Waals surface area contributed by atoms with Gasteiger partial charge < -0.3 is 9.84 Å². The van der Waals surface area contributed by atoms with Crippen molar-refractivity contribution in [3.63, 3.8) is 0 Å². The van der Waals surface area contributed by atoms with Gasteiger partial charge in [0.1, 0.15) is 5.75 Å². The molecule has 0 aromatic heterocycles. The van der Waals surface area contributed by atoms with Crippen LogP contribution in [-0.2, 0) is 5.60 Å². The zero-order valence-corrected chi connectivity index (χ0v) is 12.6. The van der Waals surface area contributed by atoms with Gasteiger partial charge in [-0.25, -0.2) is 0 Å². The van der Waals surface area contributed by atoms with Gasteiger partial charge >= 0.3 is 0 Å². The molecule has 1 atom stereocenters. The largest absolute Gasteiger partial charge is 0.491 e. The summed E-state index contributed by atoms with van der Waals surface area (Å²) in [7, 11) is 0. The molecule has 2 heteroatoms. The number of aliphatic hydroxyl groups is 1. The number of aryl methyl sites for hydroxylation is 1. The van der Waals surface area contributed by atoms with E-state index in [-0.39, 0.29) is 6.10 Å². The van der Waals surface area contributed by atoms with Crippen molar-refractivity contribution in [2.75, 3.05) is 0 Å². The van der Waals surface area contributed by atoms with Gasteiger partial charge in [0, 0.05) is 11.1 Å². The number of rotatable bonds is 4. The molecule has 1 unspecified atom stereocenters. The molecule has 0 aliphatic heterocycles. The standard InChI is InChI=1S/C19H20O2/c1-5-19(20,16-9-7-6-8-10-16)17-11-15(4)12-18(13-17)21-14(2)3/h1,6-14,20H,2-4H3. The maximum absolute atomic E-state index is 11.0. The Bertz CT molecular complexity index is 653. The number of hydrogen-bond acceptors (Lipinski definition) is 2. The molecule has 2 aromatic rings. The normalized spacial score (nSPS) is 13.5. The van der Waals surface area contributed by atoms with Crippen LogP contribution in [0.4, 0.5) is 0 Å². The van der Waals surface area contributed by atoms with Gasteiger partial charge in [-0.3, -0.25) is 0 Å². The third-order valence-corrected chi connectivity index (χ3v) is 3.24. The summed E-state index contributed by atoms with van der Waals surface area (Å²) < 4.78 is 5.73. The average Bonchev–Trinajstić information content (AvgIpc) is 2.46. The van der Waals surface area contributed by atoms with Gasteiger partial charge in [0.2, 0.25) is 0 Å². The topological polar surface area (TPSA) is 29.5 Å². The summed E-state index contributed by atoms with van der Waals surface area (Å²) in [4.78, 5) is 0. The van der Waals surface area contributed by atoms with Crippen molar-refractivity contribution in [2.24, 2.45) is 0 Å². The maximum Gasteiger partial charge on any atom is 0.176 e. The van der Waals surface area contributed by atoms with E-state index in [0.717, 1.165) is 5.56 Å². The van der Waals surface area contributed by atoms with Gasteiger partial charge in [-0.05, 0) is 38.5 Å². The van der Waals surface area contributed by atoms with Crippen molar-refractivity contribution in [3.05, 3.63) is 65.2 Å². The van der Waals surface area contributed by atoms with Crippen LogP contribution in [0.15, 0.2) is 48.5 Å². The average molecular weight is 280 g/mol. The van der Waals surface area contributed by atoms with E-state index >= 15 is 0 Å². The van der Waals surface area contributed by atoms with E-state index in [1.165, 1.54) is 0 Å². The molecular weight excluding hydrogens is 260 g/mol. The van der Waals surface area contributed by atoms with E-state index in [1.54, 1.807) is 6.07 Å². The van der Waals surface area contributed by atoms with Crippen molar-refractivity contribution in [1.82, 2.24) is 0 Å². The second-order valence-corrected chi connectivity index (χ2v) is 5.42. The van der Waals surface area contributed by atoms with Crippen molar-refractivity contribution in [3.8, 4) is 18.1 Å². The van der Waals surface area contributed by atoms with E-state index in [2.05, 4.69) is 5.92 Å². The third kappa shape index (κ3) is 3.26. The Morgan fingerprint density at radius 3 is 2.33 bits per heavy atom. The van der Waals surface area contributed by atoms with Crippen LogP contribution in [0.2, 0.25) is 0 Å². The fourth-order valence-corrected chi connectivity index (χ4v) is 2.31. The molecule has 0 fully saturated rings. The molecule has 0 aliphatic rings. The molecule has 21 heavy (non-hydrogen) atoms. The zero-order chi connectivity index (χ0) is 15.5. The number of terminal acetylenes is 1. The lowest BCUT2D eigenvalue weighted by atomic mass is 9.86. The highest BCUT2D eigenvalue weighted by molar-refractivity contribution is 5.47. The summed E-state index contributed by atoms with van der Waals surface area (Å²) in [6, 6.07) is 14.9. The minimum Gasteiger partial charge on any atom is -0.491 e. The van der Waals surface area contributed by atoms with Gasteiger partial charge in [-0.15, -0.1) is 6.42 Å². The quantitative estimate of drug-likeness (QED) is 0.866. The lowest BCUT2D eigenvalue weighted by molar-refractivity contribution is 0.144. The molecule has 2 nitrogen and oxygen atoms in total. The minimum absolute atomic E-state index is 0.0651. The molecule has 108 valence electrons. The highest BCUT2D eigenvalue weighted by Gasteiger charge is 2.29. The lowest BCUT2D eigenvalue weighted by Crippen LogP contribution is -2.25. The fourth-order valence-electron chi connectivity index (χ4n) is 2.31. The Kier molecular flexibility index (Phi) is 4.35. The summed E-state index contributed by atoms with van der Waals surface area (Å²) in [6.45, 7) is 5.89. The molecule has 1 N–H and O–H groups in total. The van der Waals surface area contributed by atoms with Crippen LogP contribution >= 0.6 is 0 Å². The summed E-state index contributed by atoms with van der Waals surface area (Å²) in [6.07, 6.45) is 5.70. The zero-order valence-electron chi connectivity index (χ0n) is 12.6. The van der Waals surface area contributed by atoms with Gasteiger partial charge in [0.15, 0.2) is 5.60 Å². The Morgan fingerprint density at radius 2 is 1.76 bits per heavy atom. The maximum atomic E-state index is 11.0. The Hall–Kier alpha value is -2.24. The fraction of sp³-hybridized carbons (Fsp3) is 0.263. The second kappa shape index (κ2) is 6.03. The summed E-state index contributed by atoms with van der Waals surface area (Å²) in [5.74, 6) is 3.23. The summed E-state index contributed by atoms with van der Waals surface area (Å²) in [5, 5.41) is 11.0. The van der Waals surface area contributed by atoms with Crippen molar-refractivity contribution >= 4 is 0 Å². The van der Waals surface area contributed by atoms with E-state index in [4.69, 9.17) is 11.2 Å². The van der Waals surface area contributed by atoms with Gasteiger partial charge in [0.05, 0.1) is 6.10 Å². The number of hydrogen-bond donors (Lipinski definition) is 1. The van der Waals surface area contributed by atoms with E-state index in [9.17, 15) is 5.11 Å². The lowest BCUT2D eigenvalue weighted by Gasteiger charge is -2.24. The molecule has 2 rings (SSSR count). The molecule has 0 heterocycles. The van der Waals surface area contributed by atoms with Crippen LogP contribution in [-0.4, -0.2) is 11.2 Å². The van der Waals surface area contributed by atoms with Crippen LogP contribution in [0, 0.1) is 19.3 Å². The second-order valence-electron chi connectivity index (χ2n) is 5.42. The van der Waals surface area contributed by atoms with E-state index in [1.807, 2.05) is 63.2 Å². The number of ether oxygens (including phenoxy) is 1. The first-order chi connectivity index (χ1) is 9.95. The van der Waals surface area contributed by atoms with E-state index < -0.39 is 5.60 Å². The molecule has 0 spiro atoms. The van der Waals surface area contributed by atoms with Crippen LogP contribution in [0.5, 0.6) is 5.75 Å². The molecule has 0 amide bonds. The van der Waals surface area contributed by atoms with E-state index in [0.29, 0.717) is 16.9 Å². The molecule has 2 aromatic carbocycles. The first-order valence-corrected chi connectivity index (χ1v) is 7.00. The monoisotopic (exact) mass is 280 g/mol. The molecule has 0 saturated heterocycles. The highest BCUT2D eigenvalue weighted by Crippen LogP contribution is 2.32. The van der Waals surface area contributed by atoms with Gasteiger partial charge in [0.25, 0.3) is 0 Å².